The summed E-state index contributed by atoms with van der Waals surface area (Å²) < 4.78 is 40.6. The summed E-state index contributed by atoms with van der Waals surface area (Å²) in [6.07, 6.45) is -4.73. The maximum atomic E-state index is 12.2. The Morgan fingerprint density at radius 1 is 1.14 bits per heavy atom. The molecular weight excluding hydrogens is 303 g/mol. The van der Waals surface area contributed by atoms with Gasteiger partial charge in [-0.05, 0) is 47.9 Å². The number of aryl methyl sites for hydroxylation is 1. The number of rotatable bonds is 3. The lowest BCUT2D eigenvalue weighted by molar-refractivity contribution is -0.274. The Morgan fingerprint density at radius 2 is 1.86 bits per heavy atom. The van der Waals surface area contributed by atoms with Crippen molar-refractivity contribution in [1.29, 1.82) is 0 Å². The molecule has 0 fully saturated rings. The second-order valence-corrected chi connectivity index (χ2v) is 5.04. The highest BCUT2D eigenvalue weighted by Gasteiger charge is 2.31. The molecule has 2 aromatic carbocycles. The van der Waals surface area contributed by atoms with Crippen molar-refractivity contribution in [2.75, 3.05) is 0 Å². The Balaban J connectivity index is 2.33. The molecule has 0 saturated carbocycles. The van der Waals surface area contributed by atoms with Gasteiger partial charge in [-0.25, -0.2) is 0 Å². The van der Waals surface area contributed by atoms with E-state index in [2.05, 4.69) is 4.74 Å². The van der Waals surface area contributed by atoms with Gasteiger partial charge in [-0.2, -0.15) is 0 Å². The van der Waals surface area contributed by atoms with Gasteiger partial charge >= 0.3 is 6.36 Å². The first-order valence-electron chi connectivity index (χ1n) is 6.13. The lowest BCUT2D eigenvalue weighted by Gasteiger charge is -2.17. The predicted molar refractivity (Wildman–Crippen MR) is 75.3 cm³/mol. The summed E-state index contributed by atoms with van der Waals surface area (Å²) in [5, 5.41) is 0.522. The fourth-order valence-corrected chi connectivity index (χ4v) is 2.21. The topological polar surface area (TPSA) is 35.2 Å². The zero-order valence-corrected chi connectivity index (χ0v) is 11.9. The average molecular weight is 316 g/mol. The minimum absolute atomic E-state index is 0.296. The highest BCUT2D eigenvalue weighted by Crippen LogP contribution is 2.29. The SMILES string of the molecule is Cc1ccc(Cl)cc1C(N)c1cccc(OC(F)(F)F)c1. The lowest BCUT2D eigenvalue weighted by Crippen LogP contribution is -2.18. The van der Waals surface area contributed by atoms with Crippen molar-refractivity contribution >= 4 is 11.6 Å². The van der Waals surface area contributed by atoms with Crippen molar-refractivity contribution in [3.05, 3.63) is 64.2 Å². The Bertz CT molecular complexity index is 643. The molecule has 0 aliphatic carbocycles. The molecule has 2 aromatic rings. The molecule has 1 atom stereocenters. The predicted octanol–water partition coefficient (Wildman–Crippen LogP) is 4.60. The zero-order chi connectivity index (χ0) is 15.6. The van der Waals surface area contributed by atoms with E-state index < -0.39 is 12.4 Å². The van der Waals surface area contributed by atoms with Crippen LogP contribution in [-0.4, -0.2) is 6.36 Å². The summed E-state index contributed by atoms with van der Waals surface area (Å²) in [6, 6.07) is 10.3. The van der Waals surface area contributed by atoms with Gasteiger partial charge < -0.3 is 10.5 Å². The van der Waals surface area contributed by atoms with E-state index in [4.69, 9.17) is 17.3 Å². The molecule has 2 nitrogen and oxygen atoms in total. The van der Waals surface area contributed by atoms with Crippen LogP contribution >= 0.6 is 11.6 Å². The summed E-state index contributed by atoms with van der Waals surface area (Å²) in [5.41, 5.74) is 8.31. The fraction of sp³-hybridized carbons (Fsp3) is 0.200. The quantitative estimate of drug-likeness (QED) is 0.898. The molecule has 1 unspecified atom stereocenters. The molecule has 0 radical (unpaired) electrons. The van der Waals surface area contributed by atoms with Crippen LogP contribution in [0.5, 0.6) is 5.75 Å². The molecule has 0 aliphatic heterocycles. The lowest BCUT2D eigenvalue weighted by atomic mass is 9.96. The second kappa shape index (κ2) is 5.95. The minimum Gasteiger partial charge on any atom is -0.406 e. The molecule has 112 valence electrons. The summed E-state index contributed by atoms with van der Waals surface area (Å²) in [6.45, 7) is 1.86. The van der Waals surface area contributed by atoms with Crippen LogP contribution in [-0.2, 0) is 0 Å². The van der Waals surface area contributed by atoms with Crippen molar-refractivity contribution in [1.82, 2.24) is 0 Å². The molecule has 0 aliphatic rings. The van der Waals surface area contributed by atoms with Crippen LogP contribution < -0.4 is 10.5 Å². The molecule has 2 rings (SSSR count). The minimum atomic E-state index is -4.73. The number of alkyl halides is 3. The standard InChI is InChI=1S/C15H13ClF3NO/c1-9-5-6-11(16)8-13(9)14(20)10-3-2-4-12(7-10)21-15(17,18)19/h2-8,14H,20H2,1H3. The van der Waals surface area contributed by atoms with Crippen LogP contribution in [0.2, 0.25) is 5.02 Å². The van der Waals surface area contributed by atoms with E-state index in [0.717, 1.165) is 11.1 Å². The first kappa shape index (κ1) is 15.7. The summed E-state index contributed by atoms with van der Waals surface area (Å²) in [4.78, 5) is 0. The molecule has 2 N–H and O–H groups in total. The number of nitrogens with two attached hydrogens (primary N) is 1. The summed E-state index contributed by atoms with van der Waals surface area (Å²) in [7, 11) is 0. The number of ether oxygens (including phenoxy) is 1. The van der Waals surface area contributed by atoms with Gasteiger partial charge in [0.1, 0.15) is 5.75 Å². The molecule has 0 bridgehead atoms. The summed E-state index contributed by atoms with van der Waals surface area (Å²) >= 11 is 5.94. The van der Waals surface area contributed by atoms with Gasteiger partial charge in [0.05, 0.1) is 6.04 Å². The number of hydrogen-bond donors (Lipinski definition) is 1. The zero-order valence-electron chi connectivity index (χ0n) is 11.1. The monoisotopic (exact) mass is 315 g/mol. The third kappa shape index (κ3) is 4.12. The highest BCUT2D eigenvalue weighted by atomic mass is 35.5. The number of hydrogen-bond acceptors (Lipinski definition) is 2. The third-order valence-corrected chi connectivity index (χ3v) is 3.26. The van der Waals surface area contributed by atoms with Gasteiger partial charge in [0.25, 0.3) is 0 Å². The Morgan fingerprint density at radius 3 is 2.52 bits per heavy atom. The second-order valence-electron chi connectivity index (χ2n) is 4.60. The molecule has 0 aromatic heterocycles. The summed E-state index contributed by atoms with van der Waals surface area (Å²) in [5.74, 6) is -0.296. The van der Waals surface area contributed by atoms with Gasteiger partial charge in [0, 0.05) is 5.02 Å². The molecule has 21 heavy (non-hydrogen) atoms. The van der Waals surface area contributed by atoms with E-state index in [1.54, 1.807) is 18.2 Å². The van der Waals surface area contributed by atoms with Crippen molar-refractivity contribution in [3.8, 4) is 5.75 Å². The third-order valence-electron chi connectivity index (χ3n) is 3.03. The Labute approximate surface area is 125 Å². The first-order chi connectivity index (χ1) is 9.76. The Hall–Kier alpha value is -1.72. The fourth-order valence-electron chi connectivity index (χ4n) is 2.03. The van der Waals surface area contributed by atoms with Crippen molar-refractivity contribution in [3.63, 3.8) is 0 Å². The van der Waals surface area contributed by atoms with E-state index in [0.29, 0.717) is 10.6 Å². The van der Waals surface area contributed by atoms with Crippen LogP contribution in [0, 0.1) is 6.92 Å². The van der Waals surface area contributed by atoms with E-state index in [1.807, 2.05) is 13.0 Å². The number of halogens is 4. The van der Waals surface area contributed by atoms with Crippen molar-refractivity contribution in [2.45, 2.75) is 19.3 Å². The van der Waals surface area contributed by atoms with Crippen LogP contribution in [0.25, 0.3) is 0 Å². The normalized spacial score (nSPS) is 13.0. The van der Waals surface area contributed by atoms with Gasteiger partial charge in [-0.15, -0.1) is 13.2 Å². The highest BCUT2D eigenvalue weighted by molar-refractivity contribution is 6.30. The number of benzene rings is 2. The molecule has 0 heterocycles. The van der Waals surface area contributed by atoms with E-state index in [-0.39, 0.29) is 5.75 Å². The van der Waals surface area contributed by atoms with E-state index in [9.17, 15) is 13.2 Å². The van der Waals surface area contributed by atoms with Gasteiger partial charge in [-0.3, -0.25) is 0 Å². The Kier molecular flexibility index (Phi) is 4.44. The van der Waals surface area contributed by atoms with Crippen LogP contribution in [0.15, 0.2) is 42.5 Å². The molecular formula is C15H13ClF3NO. The van der Waals surface area contributed by atoms with Crippen LogP contribution in [0.1, 0.15) is 22.7 Å². The van der Waals surface area contributed by atoms with E-state index >= 15 is 0 Å². The molecule has 0 amide bonds. The van der Waals surface area contributed by atoms with Crippen LogP contribution in [0.3, 0.4) is 0 Å². The average Bonchev–Trinajstić information content (AvgIpc) is 2.39. The van der Waals surface area contributed by atoms with Gasteiger partial charge in [-0.1, -0.05) is 29.8 Å². The smallest absolute Gasteiger partial charge is 0.406 e. The van der Waals surface area contributed by atoms with Gasteiger partial charge in [0.15, 0.2) is 0 Å². The van der Waals surface area contributed by atoms with Crippen LogP contribution in [0.4, 0.5) is 13.2 Å². The maximum absolute atomic E-state index is 12.2. The first-order valence-corrected chi connectivity index (χ1v) is 6.51. The largest absolute Gasteiger partial charge is 0.573 e. The molecule has 0 saturated heterocycles. The van der Waals surface area contributed by atoms with Crippen molar-refractivity contribution in [2.24, 2.45) is 5.73 Å². The van der Waals surface area contributed by atoms with Gasteiger partial charge in [0.2, 0.25) is 0 Å². The maximum Gasteiger partial charge on any atom is 0.573 e. The van der Waals surface area contributed by atoms with E-state index in [1.165, 1.54) is 18.2 Å². The van der Waals surface area contributed by atoms with Crippen molar-refractivity contribution < 1.29 is 17.9 Å². The molecule has 6 heteroatoms. The molecule has 0 spiro atoms.